The van der Waals surface area contributed by atoms with Crippen molar-refractivity contribution < 1.29 is 25.8 Å². The Hall–Kier alpha value is -0.256. The van der Waals surface area contributed by atoms with Gasteiger partial charge in [-0.1, -0.05) is 99.3 Å². The molecule has 2 aliphatic rings. The van der Waals surface area contributed by atoms with Crippen LogP contribution in [0.4, 0.5) is 0 Å². The first-order valence-electron chi connectivity index (χ1n) is 7.31. The van der Waals surface area contributed by atoms with Crippen molar-refractivity contribution in [2.45, 2.75) is 39.3 Å². The molecule has 0 bridgehead atoms. The molecule has 0 N–H and O–H groups in total. The van der Waals surface area contributed by atoms with Crippen LogP contribution in [0.2, 0.25) is 39.3 Å². The van der Waals surface area contributed by atoms with Crippen LogP contribution in [0.25, 0.3) is 0 Å². The van der Waals surface area contributed by atoms with Crippen molar-refractivity contribution in [2.75, 3.05) is 0 Å². The molecule has 3 heteroatoms. The van der Waals surface area contributed by atoms with Gasteiger partial charge in [0.1, 0.15) is 0 Å². The maximum absolute atomic E-state index is 2.41. The molecule has 0 aromatic rings. The molecule has 21 heavy (non-hydrogen) atoms. The SMILES string of the molecule is C[Si](C)(C)C=C1C=CC=C1.C[Si](C)(C)C=C1C=CC=C1.[Hf]. The molecule has 0 aromatic heterocycles. The molecule has 0 fully saturated rings. The van der Waals surface area contributed by atoms with E-state index in [0.29, 0.717) is 0 Å². The summed E-state index contributed by atoms with van der Waals surface area (Å²) in [5.74, 6) is 0. The topological polar surface area (TPSA) is 0 Å². The minimum Gasteiger partial charge on any atom is -0.0879 e. The van der Waals surface area contributed by atoms with Gasteiger partial charge in [0.2, 0.25) is 0 Å². The standard InChI is InChI=1S/2C9H14Si.Hf/c2*1-10(2,3)8-9-6-4-5-7-9;/h2*4-8H,1-3H3;. The second-order valence-corrected chi connectivity index (χ2v) is 17.5. The van der Waals surface area contributed by atoms with E-state index < -0.39 is 16.1 Å². The summed E-state index contributed by atoms with van der Waals surface area (Å²) in [5.41, 5.74) is 7.60. The normalized spacial score (nSPS) is 15.7. The molecule has 0 spiro atoms. The van der Waals surface area contributed by atoms with Crippen molar-refractivity contribution in [1.29, 1.82) is 0 Å². The van der Waals surface area contributed by atoms with Gasteiger partial charge in [0.25, 0.3) is 0 Å². The van der Waals surface area contributed by atoms with Gasteiger partial charge in [0.05, 0.1) is 16.1 Å². The molecule has 0 aromatic carbocycles. The summed E-state index contributed by atoms with van der Waals surface area (Å²) in [6.07, 6.45) is 17.0. The van der Waals surface area contributed by atoms with E-state index in [1.54, 1.807) is 0 Å². The summed E-state index contributed by atoms with van der Waals surface area (Å²) in [7, 11) is -1.97. The summed E-state index contributed by atoms with van der Waals surface area (Å²) in [4.78, 5) is 0. The smallest absolute Gasteiger partial charge is 0.0694 e. The Morgan fingerprint density at radius 3 is 1.00 bits per heavy atom. The average Bonchev–Trinajstić information content (AvgIpc) is 2.87. The Morgan fingerprint density at radius 2 is 0.810 bits per heavy atom. The van der Waals surface area contributed by atoms with Gasteiger partial charge in [-0.2, -0.15) is 0 Å². The molecule has 0 saturated carbocycles. The van der Waals surface area contributed by atoms with E-state index in [-0.39, 0.29) is 25.8 Å². The van der Waals surface area contributed by atoms with Crippen LogP contribution >= 0.6 is 0 Å². The monoisotopic (exact) mass is 480 g/mol. The van der Waals surface area contributed by atoms with E-state index in [1.165, 1.54) is 11.1 Å². The summed E-state index contributed by atoms with van der Waals surface area (Å²) in [6, 6.07) is 0. The Balaban J connectivity index is 0.000000364. The third-order valence-electron chi connectivity index (χ3n) is 2.58. The fraction of sp³-hybridized carbons (Fsp3) is 0.333. The van der Waals surface area contributed by atoms with Gasteiger partial charge in [-0.15, -0.1) is 0 Å². The molecule has 0 radical (unpaired) electrons. The second-order valence-electron chi connectivity index (χ2n) is 7.46. The van der Waals surface area contributed by atoms with Gasteiger partial charge in [-0.05, 0) is 11.1 Å². The summed E-state index contributed by atoms with van der Waals surface area (Å²) < 4.78 is 0. The number of allylic oxidation sites excluding steroid dienone is 10. The first kappa shape index (κ1) is 20.7. The number of rotatable bonds is 2. The molecule has 0 aliphatic heterocycles. The minimum absolute atomic E-state index is 0. The van der Waals surface area contributed by atoms with Gasteiger partial charge in [-0.25, -0.2) is 0 Å². The van der Waals surface area contributed by atoms with E-state index in [2.05, 4.69) is 99.3 Å². The van der Waals surface area contributed by atoms with Crippen molar-refractivity contribution in [2.24, 2.45) is 0 Å². The van der Waals surface area contributed by atoms with E-state index in [1.807, 2.05) is 0 Å². The van der Waals surface area contributed by atoms with Gasteiger partial charge < -0.3 is 0 Å². The fourth-order valence-electron chi connectivity index (χ4n) is 1.97. The van der Waals surface area contributed by atoms with Crippen molar-refractivity contribution in [3.05, 3.63) is 71.2 Å². The van der Waals surface area contributed by atoms with Gasteiger partial charge in [0.15, 0.2) is 0 Å². The first-order valence-corrected chi connectivity index (χ1v) is 14.5. The van der Waals surface area contributed by atoms with Crippen LogP contribution in [0, 0.1) is 0 Å². The van der Waals surface area contributed by atoms with Crippen molar-refractivity contribution in [3.8, 4) is 0 Å². The first-order chi connectivity index (χ1) is 9.16. The van der Waals surface area contributed by atoms with E-state index in [9.17, 15) is 0 Å². The zero-order chi connectivity index (χ0) is 15.2. The maximum Gasteiger partial charge on any atom is 0.0694 e. The van der Waals surface area contributed by atoms with Crippen LogP contribution in [0.15, 0.2) is 71.2 Å². The van der Waals surface area contributed by atoms with Crippen LogP contribution in [0.3, 0.4) is 0 Å². The zero-order valence-corrected chi connectivity index (χ0v) is 19.9. The molecule has 2 rings (SSSR count). The average molecular weight is 479 g/mol. The molecule has 0 amide bonds. The van der Waals surface area contributed by atoms with Crippen molar-refractivity contribution in [3.63, 3.8) is 0 Å². The van der Waals surface area contributed by atoms with Crippen LogP contribution in [-0.4, -0.2) is 16.1 Å². The third kappa shape index (κ3) is 11.0. The van der Waals surface area contributed by atoms with E-state index >= 15 is 0 Å². The van der Waals surface area contributed by atoms with Crippen LogP contribution in [0.1, 0.15) is 0 Å². The number of hydrogen-bond donors (Lipinski definition) is 0. The molecule has 0 unspecified atom stereocenters. The Kier molecular flexibility index (Phi) is 8.90. The predicted octanol–water partition coefficient (Wildman–Crippen LogP) is 5.83. The van der Waals surface area contributed by atoms with Gasteiger partial charge in [0, 0.05) is 25.8 Å². The Morgan fingerprint density at radius 1 is 0.571 bits per heavy atom. The molecule has 0 atom stereocenters. The Labute approximate surface area is 151 Å². The predicted molar refractivity (Wildman–Crippen MR) is 99.4 cm³/mol. The minimum atomic E-state index is -0.987. The Bertz CT molecular complexity index is 428. The van der Waals surface area contributed by atoms with Gasteiger partial charge >= 0.3 is 0 Å². The molecule has 0 heterocycles. The van der Waals surface area contributed by atoms with Gasteiger partial charge in [-0.3, -0.25) is 0 Å². The second kappa shape index (κ2) is 9.01. The summed E-state index contributed by atoms with van der Waals surface area (Å²) >= 11 is 0. The molecule has 0 nitrogen and oxygen atoms in total. The number of hydrogen-bond acceptors (Lipinski definition) is 0. The van der Waals surface area contributed by atoms with Crippen LogP contribution in [0.5, 0.6) is 0 Å². The van der Waals surface area contributed by atoms with Crippen LogP contribution < -0.4 is 0 Å². The zero-order valence-electron chi connectivity index (χ0n) is 14.3. The third-order valence-corrected chi connectivity index (χ3v) is 4.97. The largest absolute Gasteiger partial charge is 0.0879 e. The summed E-state index contributed by atoms with van der Waals surface area (Å²) in [5, 5.41) is 0. The molecule has 0 saturated heterocycles. The fourth-order valence-corrected chi connectivity index (χ4v) is 4.36. The van der Waals surface area contributed by atoms with E-state index in [4.69, 9.17) is 0 Å². The van der Waals surface area contributed by atoms with E-state index in [0.717, 1.165) is 0 Å². The maximum atomic E-state index is 2.41. The quantitative estimate of drug-likeness (QED) is 0.438. The van der Waals surface area contributed by atoms with Crippen molar-refractivity contribution in [1.82, 2.24) is 0 Å². The molecular weight excluding hydrogens is 451 g/mol. The molecule has 2 aliphatic carbocycles. The van der Waals surface area contributed by atoms with Crippen molar-refractivity contribution >= 4 is 16.1 Å². The van der Waals surface area contributed by atoms with Crippen LogP contribution in [-0.2, 0) is 25.8 Å². The summed E-state index contributed by atoms with van der Waals surface area (Å²) in [6.45, 7) is 14.1. The molecule has 112 valence electrons. The molecular formula is C18H28HfSi2.